The quantitative estimate of drug-likeness (QED) is 0.0757. The molecule has 7 atom stereocenters. The molecule has 7 rings (SSSR count). The Hall–Kier alpha value is -4.10. The molecule has 0 bridgehead atoms. The van der Waals surface area contributed by atoms with E-state index in [9.17, 15) is 9.59 Å². The molecule has 5 heterocycles. The Morgan fingerprint density at radius 1 is 1.03 bits per heavy atom. The van der Waals surface area contributed by atoms with E-state index in [-0.39, 0.29) is 35.3 Å². The summed E-state index contributed by atoms with van der Waals surface area (Å²) in [6.45, 7) is 33.4. The number of likely N-dealkylation sites (tertiary alicyclic amines) is 1. The SMILES string of the molecule is C=C(C(C)C(C)C(C)CC)N(CC)CC1CCN(C(C(=O)NC(Cc2nc(-c3ccc4c(c3)c(CC(C)(C)CC)c(-c3cccnc3C(C)OC)n4CC)cs2)C(=O)N2CCCCN2)C2CCCC2)C1. The zero-order valence-corrected chi connectivity index (χ0v) is 45.7. The standard InChI is InChI=1S/C58H88N8O3S/c1-13-38(5)39(6)40(7)41(8)63(15-3)35-43-27-31-64(36-43)54(44-22-17-18-23-44)56(67)62-49(57(68)66-30-20-19-29-60-66)33-52-61-50(37-70-52)45-25-26-51-47(32-45)48(34-58(10,11)14-2)55(65(51)16-4)46-24-21-28-59-53(46)42(9)69-12/h21,24-26,28,32,37-40,42-44,49,54,60H,8,13-20,22-23,27,29-31,33-36H2,1-7,9-12H3,(H,62,67). The van der Waals surface area contributed by atoms with Crippen LogP contribution in [0.15, 0.2) is 54.2 Å². The van der Waals surface area contributed by atoms with Crippen LogP contribution in [0, 0.1) is 35.0 Å². The fourth-order valence-electron chi connectivity index (χ4n) is 11.7. The van der Waals surface area contributed by atoms with Crippen LogP contribution in [0.3, 0.4) is 0 Å². The number of methoxy groups -OCH3 is 1. The van der Waals surface area contributed by atoms with Gasteiger partial charge in [-0.15, -0.1) is 11.3 Å². The number of aryl methyl sites for hydroxylation is 1. The predicted octanol–water partition coefficient (Wildman–Crippen LogP) is 11.7. The number of aromatic nitrogens is 3. The van der Waals surface area contributed by atoms with Gasteiger partial charge in [-0.2, -0.15) is 0 Å². The van der Waals surface area contributed by atoms with E-state index in [0.29, 0.717) is 36.6 Å². The topological polar surface area (TPSA) is 108 Å². The second kappa shape index (κ2) is 24.1. The number of nitrogens with zero attached hydrogens (tertiary/aromatic N) is 6. The molecule has 3 fully saturated rings. The highest BCUT2D eigenvalue weighted by atomic mass is 32.1. The molecule has 3 aliphatic rings. The second-order valence-electron chi connectivity index (χ2n) is 22.0. The van der Waals surface area contributed by atoms with Crippen molar-refractivity contribution in [2.75, 3.05) is 46.4 Å². The zero-order valence-electron chi connectivity index (χ0n) is 44.9. The van der Waals surface area contributed by atoms with E-state index < -0.39 is 6.04 Å². The van der Waals surface area contributed by atoms with Gasteiger partial charge in [0.05, 0.1) is 34.2 Å². The number of carbonyl (C=O) groups excluding carboxylic acids is 2. The maximum absolute atomic E-state index is 15.0. The number of nitrogens with one attached hydrogen (secondary N) is 2. The van der Waals surface area contributed by atoms with Crippen LogP contribution >= 0.6 is 11.3 Å². The van der Waals surface area contributed by atoms with E-state index in [1.807, 2.05) is 12.3 Å². The monoisotopic (exact) mass is 977 g/mol. The lowest BCUT2D eigenvalue weighted by Crippen LogP contribution is -2.59. The van der Waals surface area contributed by atoms with Crippen LogP contribution in [0.1, 0.15) is 149 Å². The predicted molar refractivity (Wildman–Crippen MR) is 289 cm³/mol. The molecule has 12 heteroatoms. The van der Waals surface area contributed by atoms with E-state index in [1.54, 1.807) is 23.5 Å². The molecule has 4 aromatic rings. The molecule has 3 aromatic heterocycles. The molecule has 0 spiro atoms. The van der Waals surface area contributed by atoms with Crippen molar-refractivity contribution in [3.63, 3.8) is 0 Å². The first-order chi connectivity index (χ1) is 33.6. The average molecular weight is 977 g/mol. The molecule has 7 unspecified atom stereocenters. The van der Waals surface area contributed by atoms with Crippen molar-refractivity contribution in [2.24, 2.45) is 35.0 Å². The van der Waals surface area contributed by atoms with Crippen molar-refractivity contribution in [1.82, 2.24) is 40.1 Å². The summed E-state index contributed by atoms with van der Waals surface area (Å²) in [5.74, 6) is 2.28. The lowest BCUT2D eigenvalue weighted by molar-refractivity contribution is -0.141. The molecule has 2 aliphatic heterocycles. The van der Waals surface area contributed by atoms with E-state index >= 15 is 0 Å². The minimum Gasteiger partial charge on any atom is -0.375 e. The highest BCUT2D eigenvalue weighted by Crippen LogP contribution is 2.43. The lowest BCUT2D eigenvalue weighted by atomic mass is 9.81. The second-order valence-corrected chi connectivity index (χ2v) is 23.0. The summed E-state index contributed by atoms with van der Waals surface area (Å²) in [7, 11) is 1.75. The smallest absolute Gasteiger partial charge is 0.259 e. The van der Waals surface area contributed by atoms with E-state index in [0.717, 1.165) is 125 Å². The number of thiazole rings is 1. The summed E-state index contributed by atoms with van der Waals surface area (Å²) in [5.41, 5.74) is 12.4. The molecule has 384 valence electrons. The number of rotatable bonds is 23. The number of hydrogen-bond acceptors (Lipinski definition) is 9. The molecule has 2 amide bonds. The number of hydrazine groups is 1. The summed E-state index contributed by atoms with van der Waals surface area (Å²) in [6.07, 6.45) is 12.6. The van der Waals surface area contributed by atoms with Crippen LogP contribution < -0.4 is 10.7 Å². The number of hydrogen-bond donors (Lipinski definition) is 2. The molecule has 1 saturated carbocycles. The molecule has 0 radical (unpaired) electrons. The number of carbonyl (C=O) groups is 2. The van der Waals surface area contributed by atoms with Gasteiger partial charge in [-0.1, -0.05) is 86.8 Å². The Morgan fingerprint density at radius 3 is 2.47 bits per heavy atom. The fourth-order valence-corrected chi connectivity index (χ4v) is 12.6. The third kappa shape index (κ3) is 12.0. The summed E-state index contributed by atoms with van der Waals surface area (Å²) in [5, 5.41) is 9.35. The first-order valence-corrected chi connectivity index (χ1v) is 28.1. The highest BCUT2D eigenvalue weighted by molar-refractivity contribution is 7.10. The molecule has 1 aliphatic carbocycles. The van der Waals surface area contributed by atoms with Crippen LogP contribution in [0.25, 0.3) is 33.4 Å². The summed E-state index contributed by atoms with van der Waals surface area (Å²) < 4.78 is 8.29. The zero-order chi connectivity index (χ0) is 50.3. The van der Waals surface area contributed by atoms with Crippen molar-refractivity contribution in [3.05, 3.63) is 70.4 Å². The first-order valence-electron chi connectivity index (χ1n) is 27.2. The summed E-state index contributed by atoms with van der Waals surface area (Å²) in [4.78, 5) is 44.7. The molecule has 11 nitrogen and oxygen atoms in total. The van der Waals surface area contributed by atoms with Crippen LogP contribution in [0.2, 0.25) is 0 Å². The van der Waals surface area contributed by atoms with Crippen molar-refractivity contribution in [3.8, 4) is 22.5 Å². The number of allylic oxidation sites excluding steroid dienone is 1. The fraction of sp³-hybridized carbons (Fsp3) is 0.655. The molecular formula is C58H88N8O3S. The van der Waals surface area contributed by atoms with Crippen LogP contribution in [-0.4, -0.2) is 99.6 Å². The Labute approximate surface area is 425 Å². The van der Waals surface area contributed by atoms with Crippen molar-refractivity contribution < 1.29 is 14.3 Å². The maximum Gasteiger partial charge on any atom is 0.259 e. The van der Waals surface area contributed by atoms with Crippen molar-refractivity contribution in [1.29, 1.82) is 0 Å². The molecular weight excluding hydrogens is 889 g/mol. The van der Waals surface area contributed by atoms with Crippen LogP contribution in [-0.2, 0) is 33.7 Å². The molecule has 1 aromatic carbocycles. The van der Waals surface area contributed by atoms with Crippen LogP contribution in [0.5, 0.6) is 0 Å². The lowest BCUT2D eigenvalue weighted by Gasteiger charge is -2.36. The minimum absolute atomic E-state index is 0.00617. The normalized spacial score (nSPS) is 19.8. The van der Waals surface area contributed by atoms with Crippen LogP contribution in [0.4, 0.5) is 0 Å². The van der Waals surface area contributed by atoms with E-state index in [4.69, 9.17) is 14.7 Å². The Bertz CT molecular complexity index is 2380. The van der Waals surface area contributed by atoms with Gasteiger partial charge in [0.2, 0.25) is 5.91 Å². The number of fused-ring (bicyclic) bond motifs is 1. The first kappa shape index (κ1) is 53.7. The summed E-state index contributed by atoms with van der Waals surface area (Å²) in [6, 6.07) is 9.99. The minimum atomic E-state index is -0.734. The number of amides is 2. The van der Waals surface area contributed by atoms with E-state index in [1.165, 1.54) is 34.3 Å². The number of ether oxygens (including phenoxy) is 1. The third-order valence-corrected chi connectivity index (χ3v) is 18.0. The molecule has 2 N–H and O–H groups in total. The third-order valence-electron chi connectivity index (χ3n) is 17.1. The Kier molecular flexibility index (Phi) is 18.5. The number of benzene rings is 1. The Balaban J connectivity index is 1.15. The highest BCUT2D eigenvalue weighted by Gasteiger charge is 2.41. The van der Waals surface area contributed by atoms with Crippen molar-refractivity contribution in [2.45, 2.75) is 165 Å². The van der Waals surface area contributed by atoms with Gasteiger partial charge in [0.1, 0.15) is 6.04 Å². The van der Waals surface area contributed by atoms with Gasteiger partial charge >= 0.3 is 0 Å². The Morgan fingerprint density at radius 2 is 1.80 bits per heavy atom. The summed E-state index contributed by atoms with van der Waals surface area (Å²) >= 11 is 1.58. The largest absolute Gasteiger partial charge is 0.375 e. The average Bonchev–Trinajstić information content (AvgIpc) is 4.23. The van der Waals surface area contributed by atoms with Gasteiger partial charge < -0.3 is 19.5 Å². The van der Waals surface area contributed by atoms with Gasteiger partial charge in [0.25, 0.3) is 5.91 Å². The van der Waals surface area contributed by atoms with Gasteiger partial charge in [0.15, 0.2) is 0 Å². The van der Waals surface area contributed by atoms with E-state index in [2.05, 4.69) is 131 Å². The molecule has 70 heavy (non-hydrogen) atoms. The molecule has 2 saturated heterocycles. The van der Waals surface area contributed by atoms with Gasteiger partial charge in [0, 0.05) is 92.1 Å². The number of pyridine rings is 1. The van der Waals surface area contributed by atoms with Gasteiger partial charge in [-0.3, -0.25) is 24.5 Å². The maximum atomic E-state index is 15.0. The van der Waals surface area contributed by atoms with Gasteiger partial charge in [-0.25, -0.2) is 10.4 Å². The van der Waals surface area contributed by atoms with Crippen molar-refractivity contribution >= 4 is 34.1 Å². The van der Waals surface area contributed by atoms with Gasteiger partial charge in [-0.05, 0) is 131 Å².